The molecule has 0 saturated heterocycles. The van der Waals surface area contributed by atoms with Crippen LogP contribution in [0.25, 0.3) is 0 Å². The molecule has 0 aromatic rings. The zero-order valence-electron chi connectivity index (χ0n) is 2.36. The molecule has 0 amide bonds. The molecule has 0 rings (SSSR count). The average molecular weight is 552 g/mol. The van der Waals surface area contributed by atoms with Crippen LogP contribution in [0.15, 0.2) is 0 Å². The molecule has 5 heteroatoms. The fraction of sp³-hybridized carbons (Fsp3) is 0. The topological polar surface area (TPSA) is 0 Å². The van der Waals surface area contributed by atoms with Gasteiger partial charge in [0.25, 0.3) is 0 Å². The van der Waals surface area contributed by atoms with Crippen LogP contribution in [-0.2, 0) is 113 Å². The minimum atomic E-state index is 0. The van der Waals surface area contributed by atoms with Crippen LogP contribution in [0.5, 0.6) is 0 Å². The molecule has 23 valence electrons. The van der Waals surface area contributed by atoms with E-state index in [9.17, 15) is 0 Å². The maximum Gasteiger partial charge on any atom is 0 e. The van der Waals surface area contributed by atoms with Gasteiger partial charge in [0.2, 0.25) is 0 Å². The second kappa shape index (κ2) is 25.1. The largest absolute Gasteiger partial charge is 0 e. The van der Waals surface area contributed by atoms with Gasteiger partial charge in [0.15, 0.2) is 0 Å². The molecule has 0 bridgehead atoms. The zero-order valence-corrected chi connectivity index (χ0v) is 14.3. The van der Waals surface area contributed by atoms with Crippen LogP contribution in [0.4, 0.5) is 0 Å². The van der Waals surface area contributed by atoms with Crippen molar-refractivity contribution in [2.24, 2.45) is 0 Å². The molecule has 0 aromatic heterocycles. The van der Waals surface area contributed by atoms with Crippen molar-refractivity contribution in [1.82, 2.24) is 0 Å². The van der Waals surface area contributed by atoms with Crippen molar-refractivity contribution in [2.75, 3.05) is 0 Å². The van der Waals surface area contributed by atoms with E-state index in [1.54, 1.807) is 0 Å². The SMILES string of the molecule is [Hf].[Ti].[V].[W].[Zr]. The summed E-state index contributed by atoms with van der Waals surface area (Å²) in [5, 5.41) is 0. The van der Waals surface area contributed by atoms with E-state index in [2.05, 4.69) is 0 Å². The standard InChI is InChI=1S/Hf.Ti.V.W.Zr. The van der Waals surface area contributed by atoms with Crippen molar-refractivity contribution in [3.63, 3.8) is 0 Å². The molecule has 0 aliphatic carbocycles. The Hall–Kier alpha value is 3.74. The molecule has 0 fully saturated rings. The molecule has 0 spiro atoms. The van der Waals surface area contributed by atoms with E-state index in [0.29, 0.717) is 0 Å². The first-order valence-corrected chi connectivity index (χ1v) is 0. The summed E-state index contributed by atoms with van der Waals surface area (Å²) < 4.78 is 0. The fourth-order valence-electron chi connectivity index (χ4n) is 0. The van der Waals surface area contributed by atoms with Gasteiger partial charge in [-0.3, -0.25) is 0 Å². The predicted molar refractivity (Wildman–Crippen MR) is 0 cm³/mol. The fourth-order valence-corrected chi connectivity index (χ4v) is 0. The second-order valence-electron chi connectivity index (χ2n) is 0. The van der Waals surface area contributed by atoms with Gasteiger partial charge in [-0.25, -0.2) is 0 Å². The third-order valence-corrected chi connectivity index (χ3v) is 0. The molecule has 0 atom stereocenters. The molecule has 0 nitrogen and oxygen atoms in total. The summed E-state index contributed by atoms with van der Waals surface area (Å²) in [6.45, 7) is 0. The molecule has 0 saturated carbocycles. The number of hydrogen-bond donors (Lipinski definition) is 0. The Morgan fingerprint density at radius 2 is 1.00 bits per heavy atom. The van der Waals surface area contributed by atoms with Crippen molar-refractivity contribution in [2.45, 2.75) is 0 Å². The molecule has 0 heterocycles. The van der Waals surface area contributed by atoms with Crippen molar-refractivity contribution >= 4 is 0 Å². The average Bonchev–Trinajstić information content (AvgIpc) is 0. The van der Waals surface area contributed by atoms with Crippen LogP contribution >= 0.6 is 0 Å². The summed E-state index contributed by atoms with van der Waals surface area (Å²) in [5.41, 5.74) is 0. The van der Waals surface area contributed by atoms with Gasteiger partial charge in [-0.2, -0.15) is 0 Å². The number of hydrogen-bond acceptors (Lipinski definition) is 0. The Bertz CT molecular complexity index is 11.6. The van der Waals surface area contributed by atoms with E-state index in [-0.39, 0.29) is 113 Å². The Kier molecular flexibility index (Phi) is 188. The number of rotatable bonds is 0. The van der Waals surface area contributed by atoms with Gasteiger partial charge >= 0.3 is 0 Å². The van der Waals surface area contributed by atoms with Gasteiger partial charge in [-0.15, -0.1) is 0 Å². The van der Waals surface area contributed by atoms with Crippen LogP contribution in [0.2, 0.25) is 0 Å². The first-order chi connectivity index (χ1) is 0. The van der Waals surface area contributed by atoms with Crippen LogP contribution in [0.3, 0.4) is 0 Å². The molecular formula is HfTiVWZr. The molecule has 0 aromatic carbocycles. The van der Waals surface area contributed by atoms with E-state index >= 15 is 0 Å². The normalized spacial score (nSPS) is 0. The first kappa shape index (κ1) is 37.4. The maximum atomic E-state index is 0. The summed E-state index contributed by atoms with van der Waals surface area (Å²) in [6, 6.07) is 0. The van der Waals surface area contributed by atoms with Crippen molar-refractivity contribution in [1.29, 1.82) is 0 Å². The van der Waals surface area contributed by atoms with Crippen LogP contribution in [-0.4, -0.2) is 0 Å². The zero-order chi connectivity index (χ0) is 0. The van der Waals surface area contributed by atoms with Crippen molar-refractivity contribution in [3.8, 4) is 0 Å². The van der Waals surface area contributed by atoms with Gasteiger partial charge in [-0.1, -0.05) is 0 Å². The maximum absolute atomic E-state index is 0. The molecule has 0 aliphatic heterocycles. The third-order valence-electron chi connectivity index (χ3n) is 0. The predicted octanol–water partition coefficient (Wildman–Crippen LogP) is -0.0125. The van der Waals surface area contributed by atoms with E-state index < -0.39 is 0 Å². The smallest absolute Gasteiger partial charge is 0 e. The quantitative estimate of drug-likeness (QED) is 0.372. The van der Waals surface area contributed by atoms with E-state index in [0.717, 1.165) is 0 Å². The van der Waals surface area contributed by atoms with E-state index in [4.69, 9.17) is 0 Å². The Balaban J connectivity index is 0. The molecule has 0 unspecified atom stereocenters. The van der Waals surface area contributed by atoms with Crippen molar-refractivity contribution < 1.29 is 113 Å². The minimum Gasteiger partial charge on any atom is 0 e. The molecule has 0 aliphatic rings. The Morgan fingerprint density at radius 3 is 1.00 bits per heavy atom. The van der Waals surface area contributed by atoms with Crippen LogP contribution < -0.4 is 0 Å². The summed E-state index contributed by atoms with van der Waals surface area (Å²) in [5.74, 6) is 0. The summed E-state index contributed by atoms with van der Waals surface area (Å²) in [7, 11) is 0. The Labute approximate surface area is 111 Å². The van der Waals surface area contributed by atoms with Gasteiger partial charge in [-0.05, 0) is 0 Å². The van der Waals surface area contributed by atoms with E-state index in [1.807, 2.05) is 0 Å². The van der Waals surface area contributed by atoms with Gasteiger partial charge in [0.1, 0.15) is 0 Å². The van der Waals surface area contributed by atoms with Gasteiger partial charge in [0.05, 0.1) is 0 Å². The molecule has 0 N–H and O–H groups in total. The first-order valence-electron chi connectivity index (χ1n) is 0. The Morgan fingerprint density at radius 1 is 1.00 bits per heavy atom. The van der Waals surface area contributed by atoms with Gasteiger partial charge in [0, 0.05) is 113 Å². The third kappa shape index (κ3) is 18.2. The summed E-state index contributed by atoms with van der Waals surface area (Å²) >= 11 is 0. The minimum absolute atomic E-state index is 0. The molecule has 5 heavy (non-hydrogen) atoms. The van der Waals surface area contributed by atoms with Gasteiger partial charge < -0.3 is 0 Å². The summed E-state index contributed by atoms with van der Waals surface area (Å²) in [4.78, 5) is 0. The summed E-state index contributed by atoms with van der Waals surface area (Å²) in [6.07, 6.45) is 0. The molecule has 1 radical (unpaired) electrons. The second-order valence-corrected chi connectivity index (χ2v) is 0. The molecular weight excluding hydrogens is 552 g/mol. The van der Waals surface area contributed by atoms with Crippen LogP contribution in [0.1, 0.15) is 0 Å². The monoisotopic (exact) mass is 553 g/mol. The van der Waals surface area contributed by atoms with E-state index in [1.165, 1.54) is 0 Å². The van der Waals surface area contributed by atoms with Crippen molar-refractivity contribution in [3.05, 3.63) is 0 Å². The van der Waals surface area contributed by atoms with Crippen LogP contribution in [0, 0.1) is 0 Å².